The molecule has 148 valence electrons. The van der Waals surface area contributed by atoms with E-state index in [-0.39, 0.29) is 5.91 Å². The summed E-state index contributed by atoms with van der Waals surface area (Å²) in [5.41, 5.74) is 1.17. The largest absolute Gasteiger partial charge is 0.497 e. The molecule has 0 bridgehead atoms. The van der Waals surface area contributed by atoms with E-state index in [1.54, 1.807) is 50.6 Å². The highest BCUT2D eigenvalue weighted by molar-refractivity contribution is 7.99. The van der Waals surface area contributed by atoms with Crippen molar-refractivity contribution in [1.29, 1.82) is 0 Å². The number of ether oxygens (including phenoxy) is 3. The van der Waals surface area contributed by atoms with E-state index in [9.17, 15) is 14.7 Å². The zero-order valence-corrected chi connectivity index (χ0v) is 16.6. The molecule has 1 aliphatic rings. The van der Waals surface area contributed by atoms with E-state index in [1.165, 1.54) is 23.8 Å². The molecule has 0 aromatic heterocycles. The predicted octanol–water partition coefficient (Wildman–Crippen LogP) is 3.05. The summed E-state index contributed by atoms with van der Waals surface area (Å²) < 4.78 is 15.7. The molecule has 0 radical (unpaired) electrons. The van der Waals surface area contributed by atoms with Crippen LogP contribution < -0.4 is 14.2 Å². The number of hydrogen-bond donors (Lipinski definition) is 1. The zero-order valence-electron chi connectivity index (χ0n) is 15.7. The fraction of sp³-hybridized carbons (Fsp3) is 0.300. The number of thioether (sulfide) groups is 1. The Balaban J connectivity index is 1.98. The van der Waals surface area contributed by atoms with Crippen LogP contribution in [0.25, 0.3) is 0 Å². The number of carboxylic acids is 1. The molecule has 2 unspecified atom stereocenters. The number of benzene rings is 2. The first-order valence-electron chi connectivity index (χ1n) is 8.53. The second kappa shape index (κ2) is 8.43. The minimum Gasteiger partial charge on any atom is -0.497 e. The van der Waals surface area contributed by atoms with Crippen LogP contribution in [0.5, 0.6) is 17.2 Å². The lowest BCUT2D eigenvalue weighted by Crippen LogP contribution is -2.42. The van der Waals surface area contributed by atoms with E-state index in [2.05, 4.69) is 0 Å². The Labute approximate surface area is 167 Å². The molecule has 1 N–H and O–H groups in total. The van der Waals surface area contributed by atoms with Gasteiger partial charge in [0.1, 0.15) is 17.2 Å². The molecule has 0 aliphatic carbocycles. The number of rotatable bonds is 6. The van der Waals surface area contributed by atoms with Gasteiger partial charge in [-0.05, 0) is 42.0 Å². The highest BCUT2D eigenvalue weighted by atomic mass is 32.2. The Bertz CT molecular complexity index is 869. The molecule has 7 nitrogen and oxygen atoms in total. The van der Waals surface area contributed by atoms with E-state index in [0.717, 1.165) is 5.56 Å². The summed E-state index contributed by atoms with van der Waals surface area (Å²) in [5, 5.41) is 9.19. The summed E-state index contributed by atoms with van der Waals surface area (Å²) in [4.78, 5) is 26.4. The van der Waals surface area contributed by atoms with Gasteiger partial charge in [0.15, 0.2) is 11.5 Å². The normalized spacial score (nSPS) is 18.6. The number of carbonyl (C=O) groups excluding carboxylic acids is 1. The summed E-state index contributed by atoms with van der Waals surface area (Å²) in [6.45, 7) is 0. The number of hydrogen-bond acceptors (Lipinski definition) is 6. The van der Waals surface area contributed by atoms with Crippen molar-refractivity contribution < 1.29 is 28.9 Å². The van der Waals surface area contributed by atoms with E-state index >= 15 is 0 Å². The van der Waals surface area contributed by atoms with Crippen molar-refractivity contribution in [2.75, 3.05) is 27.1 Å². The SMILES string of the molecule is COc1ccc(C(=O)N2C(C(=O)O)CSC2c2ccc(OC)c(OC)c2)cc1. The van der Waals surface area contributed by atoms with Gasteiger partial charge in [0.2, 0.25) is 0 Å². The Morgan fingerprint density at radius 3 is 2.25 bits per heavy atom. The van der Waals surface area contributed by atoms with E-state index < -0.39 is 17.4 Å². The summed E-state index contributed by atoms with van der Waals surface area (Å²) in [7, 11) is 4.62. The molecule has 1 fully saturated rings. The molecular formula is C20H21NO6S. The van der Waals surface area contributed by atoms with E-state index in [1.807, 2.05) is 6.07 Å². The van der Waals surface area contributed by atoms with Crippen molar-refractivity contribution in [2.24, 2.45) is 0 Å². The third kappa shape index (κ3) is 3.73. The fourth-order valence-corrected chi connectivity index (χ4v) is 4.50. The van der Waals surface area contributed by atoms with Gasteiger partial charge in [-0.1, -0.05) is 6.07 Å². The van der Waals surface area contributed by atoms with Crippen LogP contribution in [-0.4, -0.2) is 55.0 Å². The topological polar surface area (TPSA) is 85.3 Å². The third-order valence-electron chi connectivity index (χ3n) is 4.55. The van der Waals surface area contributed by atoms with E-state index in [4.69, 9.17) is 14.2 Å². The Morgan fingerprint density at radius 1 is 1.00 bits per heavy atom. The molecule has 0 spiro atoms. The molecule has 28 heavy (non-hydrogen) atoms. The number of nitrogens with zero attached hydrogens (tertiary/aromatic N) is 1. The van der Waals surface area contributed by atoms with Crippen molar-refractivity contribution in [2.45, 2.75) is 11.4 Å². The second-order valence-electron chi connectivity index (χ2n) is 6.10. The molecule has 0 saturated carbocycles. The summed E-state index contributed by atoms with van der Waals surface area (Å²) >= 11 is 1.41. The molecule has 1 aliphatic heterocycles. The van der Waals surface area contributed by atoms with Crippen LogP contribution in [0.2, 0.25) is 0 Å². The van der Waals surface area contributed by atoms with Gasteiger partial charge in [-0.25, -0.2) is 4.79 Å². The van der Waals surface area contributed by atoms with Crippen LogP contribution in [0.1, 0.15) is 21.3 Å². The average Bonchev–Trinajstić information content (AvgIpc) is 3.18. The van der Waals surface area contributed by atoms with Gasteiger partial charge in [0.05, 0.1) is 21.3 Å². The summed E-state index contributed by atoms with van der Waals surface area (Å²) in [5.74, 6) is 0.639. The van der Waals surface area contributed by atoms with Crippen molar-refractivity contribution in [3.05, 3.63) is 53.6 Å². The monoisotopic (exact) mass is 403 g/mol. The van der Waals surface area contributed by atoms with Gasteiger partial charge in [-0.3, -0.25) is 4.79 Å². The van der Waals surface area contributed by atoms with Crippen LogP contribution in [0, 0.1) is 0 Å². The maximum atomic E-state index is 13.2. The number of carbonyl (C=O) groups is 2. The van der Waals surface area contributed by atoms with Crippen LogP contribution in [0.15, 0.2) is 42.5 Å². The van der Waals surface area contributed by atoms with Crippen LogP contribution in [-0.2, 0) is 4.79 Å². The van der Waals surface area contributed by atoms with E-state index in [0.29, 0.717) is 28.6 Å². The number of methoxy groups -OCH3 is 3. The molecule has 1 heterocycles. The van der Waals surface area contributed by atoms with Gasteiger partial charge in [-0.15, -0.1) is 11.8 Å². The zero-order chi connectivity index (χ0) is 20.3. The summed E-state index contributed by atoms with van der Waals surface area (Å²) in [6, 6.07) is 11.0. The smallest absolute Gasteiger partial charge is 0.327 e. The van der Waals surface area contributed by atoms with Gasteiger partial charge in [0, 0.05) is 11.3 Å². The van der Waals surface area contributed by atoms with Gasteiger partial charge in [-0.2, -0.15) is 0 Å². The van der Waals surface area contributed by atoms with Crippen molar-refractivity contribution in [3.8, 4) is 17.2 Å². The minimum absolute atomic E-state index is 0.302. The third-order valence-corrected chi connectivity index (χ3v) is 5.87. The number of carboxylic acid groups (broad SMARTS) is 1. The summed E-state index contributed by atoms with van der Waals surface area (Å²) in [6.07, 6.45) is 0. The molecule has 1 amide bonds. The van der Waals surface area contributed by atoms with Crippen LogP contribution in [0.4, 0.5) is 0 Å². The predicted molar refractivity (Wildman–Crippen MR) is 105 cm³/mol. The lowest BCUT2D eigenvalue weighted by Gasteiger charge is -2.28. The lowest BCUT2D eigenvalue weighted by molar-refractivity contribution is -0.141. The first-order chi connectivity index (χ1) is 13.5. The molecule has 2 atom stereocenters. The number of amides is 1. The highest BCUT2D eigenvalue weighted by Crippen LogP contribution is 2.44. The average molecular weight is 403 g/mol. The first-order valence-corrected chi connectivity index (χ1v) is 9.58. The molecule has 2 aromatic carbocycles. The Morgan fingerprint density at radius 2 is 1.68 bits per heavy atom. The first kappa shape index (κ1) is 19.9. The lowest BCUT2D eigenvalue weighted by atomic mass is 10.1. The van der Waals surface area contributed by atoms with Crippen molar-refractivity contribution >= 4 is 23.6 Å². The standard InChI is InChI=1S/C20H21NO6S/c1-25-14-7-4-12(5-8-14)18(22)21-15(20(23)24)11-28-19(21)13-6-9-16(26-2)17(10-13)27-3/h4-10,15,19H,11H2,1-3H3,(H,23,24). The molecule has 3 rings (SSSR count). The minimum atomic E-state index is -1.03. The van der Waals surface area contributed by atoms with Gasteiger partial charge in [0.25, 0.3) is 5.91 Å². The molecule has 2 aromatic rings. The highest BCUT2D eigenvalue weighted by Gasteiger charge is 2.43. The van der Waals surface area contributed by atoms with Crippen molar-refractivity contribution in [1.82, 2.24) is 4.90 Å². The fourth-order valence-electron chi connectivity index (χ4n) is 3.09. The van der Waals surface area contributed by atoms with Crippen molar-refractivity contribution in [3.63, 3.8) is 0 Å². The van der Waals surface area contributed by atoms with Gasteiger partial charge < -0.3 is 24.2 Å². The molecule has 1 saturated heterocycles. The quantitative estimate of drug-likeness (QED) is 0.793. The molecular weight excluding hydrogens is 382 g/mol. The maximum Gasteiger partial charge on any atom is 0.327 e. The Kier molecular flexibility index (Phi) is 5.99. The molecule has 8 heteroatoms. The maximum absolute atomic E-state index is 13.2. The Hall–Kier alpha value is -2.87. The second-order valence-corrected chi connectivity index (χ2v) is 7.21. The van der Waals surface area contributed by atoms with Gasteiger partial charge >= 0.3 is 5.97 Å². The van der Waals surface area contributed by atoms with Crippen LogP contribution >= 0.6 is 11.8 Å². The van der Waals surface area contributed by atoms with Crippen LogP contribution in [0.3, 0.4) is 0 Å². The number of aliphatic carboxylic acids is 1.